The van der Waals surface area contributed by atoms with E-state index in [0.29, 0.717) is 36.0 Å². The largest absolute Gasteiger partial charge is 0.492 e. The standard InChI is InChI=1S/C21H23N3O4/c1-3-28-19-7-5-4-6-18(19)24-13-15(12-20(24)26)21(27)23-17-10-8-16(9-11-17)22-14(2)25/h4-11,15H,3,12-13H2,1-2H3,(H,22,25)(H,23,27)/t15-/m0/s1. The lowest BCUT2D eigenvalue weighted by Crippen LogP contribution is -2.28. The topological polar surface area (TPSA) is 87.7 Å². The predicted octanol–water partition coefficient (Wildman–Crippen LogP) is 3.04. The fourth-order valence-electron chi connectivity index (χ4n) is 3.16. The lowest BCUT2D eigenvalue weighted by Gasteiger charge is -2.20. The summed E-state index contributed by atoms with van der Waals surface area (Å²) in [5.74, 6) is -0.288. The van der Waals surface area contributed by atoms with Gasteiger partial charge < -0.3 is 20.3 Å². The number of rotatable bonds is 6. The molecule has 2 aromatic carbocycles. The van der Waals surface area contributed by atoms with E-state index >= 15 is 0 Å². The number of carbonyl (C=O) groups excluding carboxylic acids is 3. The Balaban J connectivity index is 1.66. The quantitative estimate of drug-likeness (QED) is 0.805. The van der Waals surface area contributed by atoms with Crippen molar-refractivity contribution >= 4 is 34.8 Å². The van der Waals surface area contributed by atoms with E-state index in [1.165, 1.54) is 6.92 Å². The van der Waals surface area contributed by atoms with Crippen molar-refractivity contribution in [1.29, 1.82) is 0 Å². The van der Waals surface area contributed by atoms with Gasteiger partial charge in [0.1, 0.15) is 5.75 Å². The van der Waals surface area contributed by atoms with Crippen molar-refractivity contribution in [2.75, 3.05) is 28.7 Å². The van der Waals surface area contributed by atoms with Gasteiger partial charge in [-0.25, -0.2) is 0 Å². The molecule has 0 spiro atoms. The van der Waals surface area contributed by atoms with Crippen LogP contribution in [0, 0.1) is 5.92 Å². The molecule has 146 valence electrons. The summed E-state index contributed by atoms with van der Waals surface area (Å²) in [4.78, 5) is 37.8. The highest BCUT2D eigenvalue weighted by atomic mass is 16.5. The molecule has 3 amide bonds. The fourth-order valence-corrected chi connectivity index (χ4v) is 3.16. The van der Waals surface area contributed by atoms with E-state index in [9.17, 15) is 14.4 Å². The number of carbonyl (C=O) groups is 3. The Kier molecular flexibility index (Phi) is 5.93. The van der Waals surface area contributed by atoms with Gasteiger partial charge in [0.2, 0.25) is 17.7 Å². The monoisotopic (exact) mass is 381 g/mol. The highest BCUT2D eigenvalue weighted by Crippen LogP contribution is 2.33. The van der Waals surface area contributed by atoms with Gasteiger partial charge in [0.05, 0.1) is 18.2 Å². The summed E-state index contributed by atoms with van der Waals surface area (Å²) in [5.41, 5.74) is 1.95. The molecule has 1 aliphatic heterocycles. The van der Waals surface area contributed by atoms with Crippen LogP contribution in [0.15, 0.2) is 48.5 Å². The summed E-state index contributed by atoms with van der Waals surface area (Å²) in [6.07, 6.45) is 0.149. The van der Waals surface area contributed by atoms with Gasteiger partial charge in [-0.05, 0) is 43.3 Å². The normalized spacial score (nSPS) is 16.0. The molecule has 0 saturated carbocycles. The first kappa shape index (κ1) is 19.4. The van der Waals surface area contributed by atoms with Crippen LogP contribution >= 0.6 is 0 Å². The Hall–Kier alpha value is -3.35. The van der Waals surface area contributed by atoms with Gasteiger partial charge >= 0.3 is 0 Å². The lowest BCUT2D eigenvalue weighted by atomic mass is 10.1. The zero-order valence-electron chi connectivity index (χ0n) is 15.9. The van der Waals surface area contributed by atoms with Crippen LogP contribution in [0.5, 0.6) is 5.75 Å². The van der Waals surface area contributed by atoms with Crippen LogP contribution in [0.4, 0.5) is 17.1 Å². The Morgan fingerprint density at radius 2 is 1.71 bits per heavy atom. The Bertz CT molecular complexity index is 879. The van der Waals surface area contributed by atoms with E-state index in [-0.39, 0.29) is 24.1 Å². The average Bonchev–Trinajstić information content (AvgIpc) is 3.05. The molecule has 1 fully saturated rings. The predicted molar refractivity (Wildman–Crippen MR) is 107 cm³/mol. The molecule has 1 saturated heterocycles. The molecule has 28 heavy (non-hydrogen) atoms. The molecule has 1 aliphatic rings. The molecule has 0 aromatic heterocycles. The fraction of sp³-hybridized carbons (Fsp3) is 0.286. The van der Waals surface area contributed by atoms with Crippen molar-refractivity contribution in [3.8, 4) is 5.75 Å². The molecule has 0 bridgehead atoms. The first-order valence-electron chi connectivity index (χ1n) is 9.18. The first-order chi connectivity index (χ1) is 13.5. The Labute approximate surface area is 163 Å². The van der Waals surface area contributed by atoms with Gasteiger partial charge in [-0.2, -0.15) is 0 Å². The molecule has 2 aromatic rings. The van der Waals surface area contributed by atoms with E-state index in [2.05, 4.69) is 10.6 Å². The number of anilines is 3. The second-order valence-electron chi connectivity index (χ2n) is 6.55. The van der Waals surface area contributed by atoms with Crippen LogP contribution in [0.3, 0.4) is 0 Å². The molecule has 2 N–H and O–H groups in total. The van der Waals surface area contributed by atoms with Crippen LogP contribution in [0.25, 0.3) is 0 Å². The summed E-state index contributed by atoms with van der Waals surface area (Å²) < 4.78 is 5.60. The van der Waals surface area contributed by atoms with Crippen molar-refractivity contribution in [1.82, 2.24) is 0 Å². The van der Waals surface area contributed by atoms with Crippen molar-refractivity contribution in [2.24, 2.45) is 5.92 Å². The lowest BCUT2D eigenvalue weighted by molar-refractivity contribution is -0.122. The average molecular weight is 381 g/mol. The molecule has 7 heteroatoms. The molecule has 7 nitrogen and oxygen atoms in total. The van der Waals surface area contributed by atoms with E-state index in [1.807, 2.05) is 31.2 Å². The van der Waals surface area contributed by atoms with E-state index < -0.39 is 5.92 Å². The number of nitrogens with zero attached hydrogens (tertiary/aromatic N) is 1. The van der Waals surface area contributed by atoms with Gasteiger partial charge in [0.15, 0.2) is 0 Å². The number of ether oxygens (including phenoxy) is 1. The number of nitrogens with one attached hydrogen (secondary N) is 2. The highest BCUT2D eigenvalue weighted by molar-refractivity contribution is 6.04. The zero-order chi connectivity index (χ0) is 20.1. The summed E-state index contributed by atoms with van der Waals surface area (Å²) in [7, 11) is 0. The second-order valence-corrected chi connectivity index (χ2v) is 6.55. The first-order valence-corrected chi connectivity index (χ1v) is 9.18. The Morgan fingerprint density at radius 1 is 1.07 bits per heavy atom. The van der Waals surface area contributed by atoms with Crippen LogP contribution in [-0.2, 0) is 14.4 Å². The smallest absolute Gasteiger partial charge is 0.229 e. The number of para-hydroxylation sites is 2. The third-order valence-electron chi connectivity index (χ3n) is 4.42. The SMILES string of the molecule is CCOc1ccccc1N1C[C@@H](C(=O)Nc2ccc(NC(C)=O)cc2)CC1=O. The van der Waals surface area contributed by atoms with Gasteiger partial charge in [0, 0.05) is 31.3 Å². The minimum Gasteiger partial charge on any atom is -0.492 e. The van der Waals surface area contributed by atoms with E-state index in [0.717, 1.165) is 0 Å². The third-order valence-corrected chi connectivity index (χ3v) is 4.42. The highest BCUT2D eigenvalue weighted by Gasteiger charge is 2.36. The minimum absolute atomic E-state index is 0.103. The van der Waals surface area contributed by atoms with Gasteiger partial charge in [-0.1, -0.05) is 12.1 Å². The summed E-state index contributed by atoms with van der Waals surface area (Å²) in [6, 6.07) is 14.2. The molecule has 0 unspecified atom stereocenters. The molecule has 0 radical (unpaired) electrons. The van der Waals surface area contributed by atoms with Gasteiger partial charge in [-0.3, -0.25) is 14.4 Å². The maximum atomic E-state index is 12.6. The van der Waals surface area contributed by atoms with Crippen LogP contribution in [-0.4, -0.2) is 30.9 Å². The summed E-state index contributed by atoms with van der Waals surface area (Å²) in [5, 5.41) is 5.51. The zero-order valence-corrected chi connectivity index (χ0v) is 15.9. The van der Waals surface area contributed by atoms with Crippen molar-refractivity contribution in [3.05, 3.63) is 48.5 Å². The van der Waals surface area contributed by atoms with Crippen LogP contribution < -0.4 is 20.3 Å². The number of amides is 3. The van der Waals surface area contributed by atoms with Gasteiger partial charge in [-0.15, -0.1) is 0 Å². The molecule has 0 aliphatic carbocycles. The molecule has 1 heterocycles. The minimum atomic E-state index is -0.447. The maximum Gasteiger partial charge on any atom is 0.229 e. The number of hydrogen-bond donors (Lipinski definition) is 2. The number of benzene rings is 2. The maximum absolute atomic E-state index is 12.6. The van der Waals surface area contributed by atoms with E-state index in [1.54, 1.807) is 29.2 Å². The Morgan fingerprint density at radius 3 is 2.36 bits per heavy atom. The van der Waals surface area contributed by atoms with Crippen molar-refractivity contribution < 1.29 is 19.1 Å². The molecule has 1 atom stereocenters. The molecule has 3 rings (SSSR count). The molecular formula is C21H23N3O4. The van der Waals surface area contributed by atoms with Crippen LogP contribution in [0.1, 0.15) is 20.3 Å². The van der Waals surface area contributed by atoms with Crippen LogP contribution in [0.2, 0.25) is 0 Å². The third kappa shape index (κ3) is 4.49. The molecular weight excluding hydrogens is 358 g/mol. The summed E-state index contributed by atoms with van der Waals surface area (Å²) in [6.45, 7) is 4.12. The van der Waals surface area contributed by atoms with Gasteiger partial charge in [0.25, 0.3) is 0 Å². The van der Waals surface area contributed by atoms with Crippen molar-refractivity contribution in [3.63, 3.8) is 0 Å². The number of hydrogen-bond acceptors (Lipinski definition) is 4. The van der Waals surface area contributed by atoms with E-state index in [4.69, 9.17) is 4.74 Å². The summed E-state index contributed by atoms with van der Waals surface area (Å²) >= 11 is 0. The van der Waals surface area contributed by atoms with Crippen molar-refractivity contribution in [2.45, 2.75) is 20.3 Å². The second kappa shape index (κ2) is 8.56.